The molecule has 0 saturated heterocycles. The van der Waals surface area contributed by atoms with E-state index in [0.717, 1.165) is 25.1 Å². The lowest BCUT2D eigenvalue weighted by Gasteiger charge is -2.31. The summed E-state index contributed by atoms with van der Waals surface area (Å²) in [5.41, 5.74) is 6.85. The molecule has 1 aromatic rings. The van der Waals surface area contributed by atoms with Crippen molar-refractivity contribution in [2.24, 2.45) is 11.1 Å². The van der Waals surface area contributed by atoms with Crippen LogP contribution in [0.1, 0.15) is 32.8 Å². The maximum absolute atomic E-state index is 12.2. The van der Waals surface area contributed by atoms with Crippen molar-refractivity contribution in [3.63, 3.8) is 0 Å². The minimum absolute atomic E-state index is 0.0255. The fourth-order valence-electron chi connectivity index (χ4n) is 1.92. The van der Waals surface area contributed by atoms with Crippen molar-refractivity contribution in [3.8, 4) is 0 Å². The second-order valence-electron chi connectivity index (χ2n) is 5.63. The number of aromatic nitrogens is 1. The van der Waals surface area contributed by atoms with Gasteiger partial charge in [0.2, 0.25) is 5.91 Å². The molecule has 0 aliphatic heterocycles. The summed E-state index contributed by atoms with van der Waals surface area (Å²) < 4.78 is 0. The van der Waals surface area contributed by atoms with Crippen LogP contribution >= 0.6 is 0 Å². The van der Waals surface area contributed by atoms with E-state index in [9.17, 15) is 4.79 Å². The first kappa shape index (κ1) is 15.6. The smallest absolute Gasteiger partial charge is 0.222 e. The molecule has 0 unspecified atom stereocenters. The van der Waals surface area contributed by atoms with E-state index in [1.54, 1.807) is 12.4 Å². The van der Waals surface area contributed by atoms with E-state index in [4.69, 9.17) is 5.73 Å². The van der Waals surface area contributed by atoms with Gasteiger partial charge in [-0.05, 0) is 43.0 Å². The number of carbonyl (C=O) groups excluding carboxylic acids is 1. The van der Waals surface area contributed by atoms with Gasteiger partial charge in [0.05, 0.1) is 0 Å². The number of pyridine rings is 1. The zero-order valence-corrected chi connectivity index (χ0v) is 12.2. The normalized spacial score (nSPS) is 11.4. The summed E-state index contributed by atoms with van der Waals surface area (Å²) in [4.78, 5) is 18.1. The van der Waals surface area contributed by atoms with Gasteiger partial charge < -0.3 is 10.6 Å². The highest BCUT2D eigenvalue weighted by molar-refractivity contribution is 5.76. The summed E-state index contributed by atoms with van der Waals surface area (Å²) >= 11 is 0. The minimum Gasteiger partial charge on any atom is -0.342 e. The van der Waals surface area contributed by atoms with Gasteiger partial charge in [0.1, 0.15) is 0 Å². The van der Waals surface area contributed by atoms with Crippen molar-refractivity contribution >= 4 is 5.91 Å². The molecule has 0 bridgehead atoms. The van der Waals surface area contributed by atoms with Crippen LogP contribution in [0.4, 0.5) is 0 Å². The molecule has 1 aromatic heterocycles. The van der Waals surface area contributed by atoms with Gasteiger partial charge >= 0.3 is 0 Å². The standard InChI is InChI=1S/C15H25N3O/c1-4-18(12-15(2,3)11-16)14(19)6-5-13-7-9-17-10-8-13/h7-10H,4-6,11-12,16H2,1-3H3. The van der Waals surface area contributed by atoms with Gasteiger partial charge in [-0.1, -0.05) is 13.8 Å². The van der Waals surface area contributed by atoms with Crippen molar-refractivity contribution < 1.29 is 4.79 Å². The largest absolute Gasteiger partial charge is 0.342 e. The average molecular weight is 263 g/mol. The predicted octanol–water partition coefficient (Wildman–Crippen LogP) is 1.85. The van der Waals surface area contributed by atoms with Crippen LogP contribution in [-0.2, 0) is 11.2 Å². The molecule has 0 aliphatic carbocycles. The quantitative estimate of drug-likeness (QED) is 0.816. The van der Waals surface area contributed by atoms with Crippen LogP contribution in [0.3, 0.4) is 0 Å². The van der Waals surface area contributed by atoms with Crippen LogP contribution in [0.2, 0.25) is 0 Å². The number of hydrogen-bond donors (Lipinski definition) is 1. The Morgan fingerprint density at radius 1 is 1.37 bits per heavy atom. The van der Waals surface area contributed by atoms with Crippen LogP contribution in [0.5, 0.6) is 0 Å². The van der Waals surface area contributed by atoms with E-state index in [1.165, 1.54) is 0 Å². The Bertz CT molecular complexity index is 390. The summed E-state index contributed by atoms with van der Waals surface area (Å²) in [6, 6.07) is 3.90. The fraction of sp³-hybridized carbons (Fsp3) is 0.600. The van der Waals surface area contributed by atoms with Crippen molar-refractivity contribution in [2.75, 3.05) is 19.6 Å². The van der Waals surface area contributed by atoms with E-state index in [2.05, 4.69) is 18.8 Å². The Morgan fingerprint density at radius 3 is 2.53 bits per heavy atom. The van der Waals surface area contributed by atoms with Crippen LogP contribution in [0.25, 0.3) is 0 Å². The second-order valence-corrected chi connectivity index (χ2v) is 5.63. The molecule has 0 atom stereocenters. The van der Waals surface area contributed by atoms with Crippen LogP contribution in [-0.4, -0.2) is 35.4 Å². The summed E-state index contributed by atoms with van der Waals surface area (Å²) in [6.07, 6.45) is 4.82. The molecule has 2 N–H and O–H groups in total. The Kier molecular flexibility index (Phi) is 5.96. The zero-order valence-electron chi connectivity index (χ0n) is 12.2. The van der Waals surface area contributed by atoms with Crippen molar-refractivity contribution in [2.45, 2.75) is 33.6 Å². The molecule has 0 fully saturated rings. The van der Waals surface area contributed by atoms with Crippen LogP contribution < -0.4 is 5.73 Å². The molecular formula is C15H25N3O. The highest BCUT2D eigenvalue weighted by Gasteiger charge is 2.22. The molecular weight excluding hydrogens is 238 g/mol. The summed E-state index contributed by atoms with van der Waals surface area (Å²) in [7, 11) is 0. The third-order valence-corrected chi connectivity index (χ3v) is 3.28. The fourth-order valence-corrected chi connectivity index (χ4v) is 1.92. The number of nitrogens with two attached hydrogens (primary N) is 1. The summed E-state index contributed by atoms with van der Waals surface area (Å²) in [5.74, 6) is 0.195. The first-order valence-electron chi connectivity index (χ1n) is 6.85. The number of hydrogen-bond acceptors (Lipinski definition) is 3. The maximum atomic E-state index is 12.2. The lowest BCUT2D eigenvalue weighted by atomic mass is 9.93. The van der Waals surface area contributed by atoms with Gasteiger partial charge in [-0.3, -0.25) is 9.78 Å². The van der Waals surface area contributed by atoms with E-state index < -0.39 is 0 Å². The molecule has 1 rings (SSSR count). The second kappa shape index (κ2) is 7.24. The van der Waals surface area contributed by atoms with E-state index in [0.29, 0.717) is 13.0 Å². The molecule has 106 valence electrons. The third kappa shape index (κ3) is 5.39. The van der Waals surface area contributed by atoms with E-state index >= 15 is 0 Å². The molecule has 4 nitrogen and oxygen atoms in total. The molecule has 1 amide bonds. The third-order valence-electron chi connectivity index (χ3n) is 3.28. The van der Waals surface area contributed by atoms with Gasteiger partial charge in [-0.25, -0.2) is 0 Å². The van der Waals surface area contributed by atoms with Crippen LogP contribution in [0, 0.1) is 5.41 Å². The average Bonchev–Trinajstić information content (AvgIpc) is 2.43. The molecule has 0 radical (unpaired) electrons. The van der Waals surface area contributed by atoms with Gasteiger partial charge in [0.25, 0.3) is 0 Å². The van der Waals surface area contributed by atoms with Crippen LogP contribution in [0.15, 0.2) is 24.5 Å². The topological polar surface area (TPSA) is 59.2 Å². The van der Waals surface area contributed by atoms with Crippen molar-refractivity contribution in [1.82, 2.24) is 9.88 Å². The molecule has 0 aromatic carbocycles. The van der Waals surface area contributed by atoms with Gasteiger partial charge in [0.15, 0.2) is 0 Å². The molecule has 0 saturated carbocycles. The highest BCUT2D eigenvalue weighted by Crippen LogP contribution is 2.16. The lowest BCUT2D eigenvalue weighted by Crippen LogP contribution is -2.42. The Balaban J connectivity index is 2.50. The maximum Gasteiger partial charge on any atom is 0.222 e. The summed E-state index contributed by atoms with van der Waals surface area (Å²) in [6.45, 7) is 8.23. The van der Waals surface area contributed by atoms with Gasteiger partial charge in [0, 0.05) is 31.9 Å². The van der Waals surface area contributed by atoms with E-state index in [-0.39, 0.29) is 11.3 Å². The summed E-state index contributed by atoms with van der Waals surface area (Å²) in [5, 5.41) is 0. The first-order chi connectivity index (χ1) is 8.98. The first-order valence-corrected chi connectivity index (χ1v) is 6.85. The Labute approximate surface area is 116 Å². The van der Waals surface area contributed by atoms with Crippen molar-refractivity contribution in [3.05, 3.63) is 30.1 Å². The lowest BCUT2D eigenvalue weighted by molar-refractivity contribution is -0.132. The molecule has 0 aliphatic rings. The van der Waals surface area contributed by atoms with Gasteiger partial charge in [-0.15, -0.1) is 0 Å². The number of amides is 1. The Morgan fingerprint density at radius 2 is 2.00 bits per heavy atom. The molecule has 0 spiro atoms. The molecule has 19 heavy (non-hydrogen) atoms. The number of nitrogens with zero attached hydrogens (tertiary/aromatic N) is 2. The monoisotopic (exact) mass is 263 g/mol. The van der Waals surface area contributed by atoms with Crippen molar-refractivity contribution in [1.29, 1.82) is 0 Å². The molecule has 4 heteroatoms. The minimum atomic E-state index is -0.0255. The SMILES string of the molecule is CCN(CC(C)(C)CN)C(=O)CCc1ccncc1. The number of rotatable bonds is 7. The molecule has 1 heterocycles. The number of aryl methyl sites for hydroxylation is 1. The zero-order chi connectivity index (χ0) is 14.3. The predicted molar refractivity (Wildman–Crippen MR) is 77.6 cm³/mol. The number of carbonyl (C=O) groups is 1. The highest BCUT2D eigenvalue weighted by atomic mass is 16.2. The Hall–Kier alpha value is -1.42. The van der Waals surface area contributed by atoms with Gasteiger partial charge in [-0.2, -0.15) is 0 Å². The van der Waals surface area contributed by atoms with E-state index in [1.807, 2.05) is 24.0 Å².